The lowest BCUT2D eigenvalue weighted by molar-refractivity contribution is 0.190. The summed E-state index contributed by atoms with van der Waals surface area (Å²) in [6.45, 7) is 4.32. The van der Waals surface area contributed by atoms with Crippen LogP contribution in [0.25, 0.3) is 6.08 Å². The number of hydrogen-bond acceptors (Lipinski definition) is 1. The minimum Gasteiger partial charge on any atom is -0.389 e. The Morgan fingerprint density at radius 1 is 1.27 bits per heavy atom. The van der Waals surface area contributed by atoms with Crippen molar-refractivity contribution in [2.45, 2.75) is 32.8 Å². The Bertz CT molecular complexity index is 289. The number of rotatable bonds is 5. The highest BCUT2D eigenvalue weighted by Crippen LogP contribution is 2.11. The molecule has 15 heavy (non-hydrogen) atoms. The first-order valence-corrected chi connectivity index (χ1v) is 5.63. The van der Waals surface area contributed by atoms with Crippen molar-refractivity contribution in [3.8, 4) is 0 Å². The van der Waals surface area contributed by atoms with Gasteiger partial charge in [0, 0.05) is 0 Å². The number of benzene rings is 1. The zero-order valence-corrected chi connectivity index (χ0v) is 9.56. The van der Waals surface area contributed by atoms with Gasteiger partial charge in [-0.25, -0.2) is 0 Å². The van der Waals surface area contributed by atoms with Crippen LogP contribution in [-0.4, -0.2) is 11.2 Å². The normalized spacial score (nSPS) is 15.4. The van der Waals surface area contributed by atoms with E-state index in [-0.39, 0.29) is 6.10 Å². The molecule has 1 aromatic rings. The van der Waals surface area contributed by atoms with Crippen LogP contribution in [-0.2, 0) is 0 Å². The van der Waals surface area contributed by atoms with Gasteiger partial charge in [0.05, 0.1) is 6.10 Å². The van der Waals surface area contributed by atoms with E-state index in [1.54, 1.807) is 0 Å². The summed E-state index contributed by atoms with van der Waals surface area (Å²) in [6, 6.07) is 10.1. The van der Waals surface area contributed by atoms with Crippen LogP contribution in [0.2, 0.25) is 0 Å². The van der Waals surface area contributed by atoms with Gasteiger partial charge in [-0.05, 0) is 17.9 Å². The molecule has 0 spiro atoms. The molecule has 0 radical (unpaired) electrons. The van der Waals surface area contributed by atoms with Crippen LogP contribution in [0.15, 0.2) is 36.4 Å². The first-order chi connectivity index (χ1) is 7.22. The minimum atomic E-state index is -0.319. The molecule has 1 nitrogen and oxygen atoms in total. The Morgan fingerprint density at radius 2 is 1.93 bits per heavy atom. The Balaban J connectivity index is 2.44. The van der Waals surface area contributed by atoms with Gasteiger partial charge in [-0.3, -0.25) is 0 Å². The van der Waals surface area contributed by atoms with Crippen LogP contribution >= 0.6 is 0 Å². The highest BCUT2D eigenvalue weighted by atomic mass is 16.3. The fourth-order valence-corrected chi connectivity index (χ4v) is 1.44. The zero-order chi connectivity index (χ0) is 11.1. The molecule has 1 aromatic carbocycles. The Hall–Kier alpha value is -1.08. The van der Waals surface area contributed by atoms with E-state index in [9.17, 15) is 5.11 Å². The summed E-state index contributed by atoms with van der Waals surface area (Å²) in [6.07, 6.45) is 5.50. The molecule has 0 saturated heterocycles. The molecule has 2 atom stereocenters. The molecule has 0 amide bonds. The lowest BCUT2D eigenvalue weighted by Crippen LogP contribution is -2.07. The van der Waals surface area contributed by atoms with E-state index < -0.39 is 0 Å². The van der Waals surface area contributed by atoms with E-state index >= 15 is 0 Å². The number of aliphatic hydroxyl groups is 1. The molecule has 0 bridgehead atoms. The topological polar surface area (TPSA) is 20.2 Å². The van der Waals surface area contributed by atoms with Crippen molar-refractivity contribution in [3.63, 3.8) is 0 Å². The van der Waals surface area contributed by atoms with Gasteiger partial charge in [-0.2, -0.15) is 0 Å². The maximum Gasteiger partial charge on any atom is 0.0726 e. The highest BCUT2D eigenvalue weighted by molar-refractivity contribution is 5.49. The van der Waals surface area contributed by atoms with Crippen molar-refractivity contribution in [3.05, 3.63) is 42.0 Å². The standard InChI is InChI=1S/C14H20O/c1-3-12(2)11-14(15)10-9-13-7-5-4-6-8-13/h4-10,12,14-15H,3,11H2,1-2H3/b10-9+/t12-,14-/m0/s1. The maximum absolute atomic E-state index is 9.73. The molecule has 82 valence electrons. The molecular formula is C14H20O. The average molecular weight is 204 g/mol. The van der Waals surface area contributed by atoms with Crippen molar-refractivity contribution in [2.24, 2.45) is 5.92 Å². The van der Waals surface area contributed by atoms with E-state index in [1.807, 2.05) is 42.5 Å². The van der Waals surface area contributed by atoms with Gasteiger partial charge in [0.1, 0.15) is 0 Å². The summed E-state index contributed by atoms with van der Waals surface area (Å²) in [7, 11) is 0. The lowest BCUT2D eigenvalue weighted by Gasteiger charge is -2.10. The third-order valence-corrected chi connectivity index (χ3v) is 2.65. The van der Waals surface area contributed by atoms with Crippen LogP contribution in [0.3, 0.4) is 0 Å². The Labute approximate surface area is 92.5 Å². The van der Waals surface area contributed by atoms with Gasteiger partial charge in [0.25, 0.3) is 0 Å². The SMILES string of the molecule is CC[C@H](C)C[C@@H](O)/C=C/c1ccccc1. The number of hydrogen-bond donors (Lipinski definition) is 1. The predicted octanol–water partition coefficient (Wildman–Crippen LogP) is 3.50. The molecule has 1 heteroatoms. The summed E-state index contributed by atoms with van der Waals surface area (Å²) >= 11 is 0. The second kappa shape index (κ2) is 6.41. The van der Waals surface area contributed by atoms with Gasteiger partial charge in [-0.15, -0.1) is 0 Å². The highest BCUT2D eigenvalue weighted by Gasteiger charge is 2.04. The van der Waals surface area contributed by atoms with E-state index in [0.29, 0.717) is 5.92 Å². The molecule has 0 saturated carbocycles. The fourth-order valence-electron chi connectivity index (χ4n) is 1.44. The molecule has 0 unspecified atom stereocenters. The molecular weight excluding hydrogens is 184 g/mol. The molecule has 1 N–H and O–H groups in total. The van der Waals surface area contributed by atoms with E-state index in [2.05, 4.69) is 13.8 Å². The number of aliphatic hydroxyl groups excluding tert-OH is 1. The second-order valence-electron chi connectivity index (χ2n) is 4.09. The van der Waals surface area contributed by atoms with Gasteiger partial charge in [0.15, 0.2) is 0 Å². The van der Waals surface area contributed by atoms with Crippen molar-refractivity contribution >= 4 is 6.08 Å². The van der Waals surface area contributed by atoms with Gasteiger partial charge >= 0.3 is 0 Å². The predicted molar refractivity (Wildman–Crippen MR) is 65.6 cm³/mol. The van der Waals surface area contributed by atoms with Crippen molar-refractivity contribution in [2.75, 3.05) is 0 Å². The monoisotopic (exact) mass is 204 g/mol. The van der Waals surface area contributed by atoms with E-state index in [4.69, 9.17) is 0 Å². The third-order valence-electron chi connectivity index (χ3n) is 2.65. The molecule has 1 rings (SSSR count). The quantitative estimate of drug-likeness (QED) is 0.778. The first-order valence-electron chi connectivity index (χ1n) is 5.63. The molecule has 0 aliphatic carbocycles. The lowest BCUT2D eigenvalue weighted by atomic mass is 10.0. The maximum atomic E-state index is 9.73. The smallest absolute Gasteiger partial charge is 0.0726 e. The summed E-state index contributed by atoms with van der Waals surface area (Å²) in [5.41, 5.74) is 1.14. The van der Waals surface area contributed by atoms with Crippen LogP contribution in [0, 0.1) is 5.92 Å². The van der Waals surface area contributed by atoms with E-state index in [1.165, 1.54) is 0 Å². The molecule has 0 fully saturated rings. The summed E-state index contributed by atoms with van der Waals surface area (Å²) in [5.74, 6) is 0.584. The van der Waals surface area contributed by atoms with Crippen molar-refractivity contribution in [1.29, 1.82) is 0 Å². The van der Waals surface area contributed by atoms with Gasteiger partial charge < -0.3 is 5.11 Å². The minimum absolute atomic E-state index is 0.319. The van der Waals surface area contributed by atoms with Crippen LogP contribution in [0.4, 0.5) is 0 Å². The molecule has 0 aliphatic heterocycles. The molecule has 0 heterocycles. The van der Waals surface area contributed by atoms with E-state index in [0.717, 1.165) is 18.4 Å². The van der Waals surface area contributed by atoms with Crippen LogP contribution in [0.1, 0.15) is 32.3 Å². The Kier molecular flexibility index (Phi) is 5.13. The Morgan fingerprint density at radius 3 is 2.53 bits per heavy atom. The average Bonchev–Trinajstić information content (AvgIpc) is 2.27. The van der Waals surface area contributed by atoms with Crippen LogP contribution in [0.5, 0.6) is 0 Å². The van der Waals surface area contributed by atoms with Crippen molar-refractivity contribution < 1.29 is 5.11 Å². The first kappa shape index (κ1) is 12.0. The molecule has 0 aliphatic rings. The summed E-state index contributed by atoms with van der Waals surface area (Å²) in [4.78, 5) is 0. The van der Waals surface area contributed by atoms with Crippen LogP contribution < -0.4 is 0 Å². The van der Waals surface area contributed by atoms with Gasteiger partial charge in [0.2, 0.25) is 0 Å². The second-order valence-corrected chi connectivity index (χ2v) is 4.09. The van der Waals surface area contributed by atoms with Crippen molar-refractivity contribution in [1.82, 2.24) is 0 Å². The zero-order valence-electron chi connectivity index (χ0n) is 9.56. The largest absolute Gasteiger partial charge is 0.389 e. The summed E-state index contributed by atoms with van der Waals surface area (Å²) in [5, 5.41) is 9.73. The third kappa shape index (κ3) is 4.80. The molecule has 0 aromatic heterocycles. The fraction of sp³-hybridized carbons (Fsp3) is 0.429. The summed E-state index contributed by atoms with van der Waals surface area (Å²) < 4.78 is 0. The van der Waals surface area contributed by atoms with Gasteiger partial charge in [-0.1, -0.05) is 62.8 Å².